The van der Waals surface area contributed by atoms with E-state index in [1.165, 1.54) is 0 Å². The molecule has 2 aromatic rings. The molecular formula is C27H35N3O3. The zero-order valence-electron chi connectivity index (χ0n) is 20.1. The summed E-state index contributed by atoms with van der Waals surface area (Å²) < 4.78 is 0. The van der Waals surface area contributed by atoms with Crippen LogP contribution in [0.15, 0.2) is 48.5 Å². The standard InChI is InChI=1S/C27H35N3O3/c1-5-20(4)28-26(32)24(29-25(31)22-12-8-6-10-18(22)2)21-14-16-30(17-15-21)27(33)23-13-9-7-11-19(23)3/h6-13,20-21,24H,5,14-17H2,1-4H3,(H,28,32)(H,29,31)/t20-,24+/m0/s1. The zero-order chi connectivity index (χ0) is 24.0. The smallest absolute Gasteiger partial charge is 0.254 e. The van der Waals surface area contributed by atoms with Crippen LogP contribution in [0.4, 0.5) is 0 Å². The predicted molar refractivity (Wildman–Crippen MR) is 130 cm³/mol. The monoisotopic (exact) mass is 449 g/mol. The third-order valence-corrected chi connectivity index (χ3v) is 6.63. The van der Waals surface area contributed by atoms with Gasteiger partial charge in [-0.2, -0.15) is 0 Å². The molecule has 1 heterocycles. The Labute approximate surface area is 196 Å². The fourth-order valence-corrected chi connectivity index (χ4v) is 4.30. The maximum Gasteiger partial charge on any atom is 0.254 e. The molecule has 0 aliphatic carbocycles. The molecule has 1 aliphatic rings. The van der Waals surface area contributed by atoms with Crippen LogP contribution in [0.2, 0.25) is 0 Å². The van der Waals surface area contributed by atoms with Crippen LogP contribution >= 0.6 is 0 Å². The molecule has 2 atom stereocenters. The summed E-state index contributed by atoms with van der Waals surface area (Å²) in [4.78, 5) is 41.0. The van der Waals surface area contributed by atoms with Gasteiger partial charge in [-0.15, -0.1) is 0 Å². The van der Waals surface area contributed by atoms with E-state index in [0.717, 1.165) is 23.1 Å². The minimum Gasteiger partial charge on any atom is -0.352 e. The van der Waals surface area contributed by atoms with Gasteiger partial charge in [0.1, 0.15) is 6.04 Å². The highest BCUT2D eigenvalue weighted by molar-refractivity contribution is 5.99. The Balaban J connectivity index is 1.72. The van der Waals surface area contributed by atoms with Crippen molar-refractivity contribution in [3.63, 3.8) is 0 Å². The second kappa shape index (κ2) is 11.1. The van der Waals surface area contributed by atoms with E-state index >= 15 is 0 Å². The molecule has 2 N–H and O–H groups in total. The molecule has 0 unspecified atom stereocenters. The Hall–Kier alpha value is -3.15. The number of likely N-dealkylation sites (tertiary alicyclic amines) is 1. The maximum atomic E-state index is 13.1. The Bertz CT molecular complexity index is 996. The predicted octanol–water partition coefficient (Wildman–Crippen LogP) is 3.87. The number of nitrogens with one attached hydrogen (secondary N) is 2. The van der Waals surface area contributed by atoms with Crippen molar-refractivity contribution in [1.82, 2.24) is 15.5 Å². The van der Waals surface area contributed by atoms with Gasteiger partial charge in [-0.05, 0) is 69.2 Å². The molecular weight excluding hydrogens is 414 g/mol. The van der Waals surface area contributed by atoms with E-state index in [-0.39, 0.29) is 29.7 Å². The van der Waals surface area contributed by atoms with E-state index in [9.17, 15) is 14.4 Å². The van der Waals surface area contributed by atoms with Gasteiger partial charge in [-0.1, -0.05) is 43.3 Å². The first kappa shape index (κ1) is 24.5. The van der Waals surface area contributed by atoms with Gasteiger partial charge in [0.25, 0.3) is 11.8 Å². The average molecular weight is 450 g/mol. The minimum atomic E-state index is -0.637. The molecule has 176 valence electrons. The molecule has 0 spiro atoms. The van der Waals surface area contributed by atoms with Crippen molar-refractivity contribution < 1.29 is 14.4 Å². The molecule has 2 aromatic carbocycles. The topological polar surface area (TPSA) is 78.5 Å². The van der Waals surface area contributed by atoms with E-state index < -0.39 is 6.04 Å². The summed E-state index contributed by atoms with van der Waals surface area (Å²) in [5, 5.41) is 6.04. The number of rotatable bonds is 7. The molecule has 1 aliphatic heterocycles. The molecule has 3 amide bonds. The van der Waals surface area contributed by atoms with E-state index in [0.29, 0.717) is 31.5 Å². The number of benzene rings is 2. The molecule has 3 rings (SSSR count). The van der Waals surface area contributed by atoms with Crippen molar-refractivity contribution in [2.75, 3.05) is 13.1 Å². The van der Waals surface area contributed by atoms with Gasteiger partial charge in [0.2, 0.25) is 5.91 Å². The number of aryl methyl sites for hydroxylation is 2. The lowest BCUT2D eigenvalue weighted by Crippen LogP contribution is -2.55. The van der Waals surface area contributed by atoms with Crippen molar-refractivity contribution in [2.45, 2.75) is 59.0 Å². The largest absolute Gasteiger partial charge is 0.352 e. The number of amides is 3. The summed E-state index contributed by atoms with van der Waals surface area (Å²) in [5.41, 5.74) is 3.12. The summed E-state index contributed by atoms with van der Waals surface area (Å²) in [6, 6.07) is 14.4. The first-order valence-electron chi connectivity index (χ1n) is 11.8. The van der Waals surface area contributed by atoms with E-state index in [2.05, 4.69) is 10.6 Å². The minimum absolute atomic E-state index is 0.0242. The quantitative estimate of drug-likeness (QED) is 0.674. The van der Waals surface area contributed by atoms with E-state index in [1.54, 1.807) is 6.07 Å². The van der Waals surface area contributed by atoms with Gasteiger partial charge in [-0.3, -0.25) is 14.4 Å². The average Bonchev–Trinajstić information content (AvgIpc) is 2.82. The summed E-state index contributed by atoms with van der Waals surface area (Å²) in [7, 11) is 0. The number of hydrogen-bond acceptors (Lipinski definition) is 3. The second-order valence-corrected chi connectivity index (χ2v) is 9.03. The van der Waals surface area contributed by atoms with Crippen LogP contribution in [0.5, 0.6) is 0 Å². The Morgan fingerprint density at radius 3 is 2.00 bits per heavy atom. The molecule has 6 nitrogen and oxygen atoms in total. The van der Waals surface area contributed by atoms with Crippen LogP contribution in [-0.4, -0.2) is 47.8 Å². The fraction of sp³-hybridized carbons (Fsp3) is 0.444. The van der Waals surface area contributed by atoms with Gasteiger partial charge in [-0.25, -0.2) is 0 Å². The maximum absolute atomic E-state index is 13.1. The van der Waals surface area contributed by atoms with Crippen LogP contribution in [-0.2, 0) is 4.79 Å². The van der Waals surface area contributed by atoms with E-state index in [1.807, 2.05) is 75.1 Å². The van der Waals surface area contributed by atoms with Gasteiger partial charge in [0.15, 0.2) is 0 Å². The molecule has 0 aromatic heterocycles. The Kier molecular flexibility index (Phi) is 8.26. The summed E-state index contributed by atoms with van der Waals surface area (Å²) in [6.45, 7) is 8.93. The molecule has 0 saturated carbocycles. The van der Waals surface area contributed by atoms with Crippen LogP contribution in [0.3, 0.4) is 0 Å². The summed E-state index contributed by atoms with van der Waals surface area (Å²) >= 11 is 0. The van der Waals surface area contributed by atoms with Crippen LogP contribution in [0.1, 0.15) is 65.0 Å². The summed E-state index contributed by atoms with van der Waals surface area (Å²) in [5.74, 6) is -0.412. The third-order valence-electron chi connectivity index (χ3n) is 6.63. The van der Waals surface area contributed by atoms with Crippen molar-refractivity contribution >= 4 is 17.7 Å². The number of carbonyl (C=O) groups is 3. The van der Waals surface area contributed by atoms with Crippen molar-refractivity contribution in [3.8, 4) is 0 Å². The lowest BCUT2D eigenvalue weighted by atomic mass is 9.87. The molecule has 33 heavy (non-hydrogen) atoms. The van der Waals surface area contributed by atoms with Crippen LogP contribution in [0, 0.1) is 19.8 Å². The van der Waals surface area contributed by atoms with Gasteiger partial charge >= 0.3 is 0 Å². The molecule has 1 fully saturated rings. The second-order valence-electron chi connectivity index (χ2n) is 9.03. The van der Waals surface area contributed by atoms with Gasteiger partial charge < -0.3 is 15.5 Å². The van der Waals surface area contributed by atoms with Crippen molar-refractivity contribution in [1.29, 1.82) is 0 Å². The van der Waals surface area contributed by atoms with E-state index in [4.69, 9.17) is 0 Å². The van der Waals surface area contributed by atoms with Gasteiger partial charge in [0, 0.05) is 30.3 Å². The SMILES string of the molecule is CC[C@H](C)NC(=O)[C@H](NC(=O)c1ccccc1C)C1CCN(C(=O)c2ccccc2C)CC1. The Morgan fingerprint density at radius 2 is 1.45 bits per heavy atom. The number of nitrogens with zero attached hydrogens (tertiary/aromatic N) is 1. The third kappa shape index (κ3) is 6.01. The fourth-order valence-electron chi connectivity index (χ4n) is 4.30. The highest BCUT2D eigenvalue weighted by Gasteiger charge is 2.34. The molecule has 1 saturated heterocycles. The molecule has 0 bridgehead atoms. The summed E-state index contributed by atoms with van der Waals surface area (Å²) in [6.07, 6.45) is 2.13. The van der Waals surface area contributed by atoms with Crippen LogP contribution < -0.4 is 10.6 Å². The first-order chi connectivity index (χ1) is 15.8. The van der Waals surface area contributed by atoms with Crippen LogP contribution in [0.25, 0.3) is 0 Å². The zero-order valence-corrected chi connectivity index (χ0v) is 20.1. The molecule has 6 heteroatoms. The normalized spacial score (nSPS) is 16.1. The van der Waals surface area contributed by atoms with Gasteiger partial charge in [0.05, 0.1) is 0 Å². The first-order valence-corrected chi connectivity index (χ1v) is 11.8. The lowest BCUT2D eigenvalue weighted by Gasteiger charge is -2.36. The Morgan fingerprint density at radius 1 is 0.909 bits per heavy atom. The highest BCUT2D eigenvalue weighted by atomic mass is 16.2. The van der Waals surface area contributed by atoms with Crippen molar-refractivity contribution in [3.05, 3.63) is 70.8 Å². The highest BCUT2D eigenvalue weighted by Crippen LogP contribution is 2.24. The number of carbonyl (C=O) groups excluding carboxylic acids is 3. The molecule has 0 radical (unpaired) electrons. The number of piperidine rings is 1. The van der Waals surface area contributed by atoms with Crippen molar-refractivity contribution in [2.24, 2.45) is 5.92 Å². The lowest BCUT2D eigenvalue weighted by molar-refractivity contribution is -0.125. The number of hydrogen-bond donors (Lipinski definition) is 2.